The smallest absolute Gasteiger partial charge is 0.221 e. The van der Waals surface area contributed by atoms with E-state index >= 15 is 0 Å². The normalized spacial score (nSPS) is 16.2. The number of amides is 1. The Labute approximate surface area is 150 Å². The Balaban J connectivity index is 0.00000208. The van der Waals surface area contributed by atoms with Crippen molar-refractivity contribution in [2.75, 3.05) is 12.4 Å². The second kappa shape index (κ2) is 8.32. The third kappa shape index (κ3) is 4.37. The first kappa shape index (κ1) is 18.5. The van der Waals surface area contributed by atoms with Gasteiger partial charge in [-0.2, -0.15) is 0 Å². The molecule has 1 aliphatic carbocycles. The summed E-state index contributed by atoms with van der Waals surface area (Å²) >= 11 is 0. The molecule has 3 rings (SSSR count). The molecule has 0 saturated carbocycles. The van der Waals surface area contributed by atoms with E-state index in [0.29, 0.717) is 6.04 Å². The standard InChI is InChI=1S/C20H24N2O.ClH/c1-15(23)21-20-10-6-9-17-13-18(11-12-19(17)20)22(2)14-16-7-4-3-5-8-16;/h3-10,18H,11-14H2,1-2H3,(H,21,23);1H. The van der Waals surface area contributed by atoms with E-state index in [4.69, 9.17) is 0 Å². The van der Waals surface area contributed by atoms with Gasteiger partial charge in [0.05, 0.1) is 0 Å². The van der Waals surface area contributed by atoms with Crippen LogP contribution in [0.3, 0.4) is 0 Å². The Hall–Kier alpha value is -1.84. The maximum absolute atomic E-state index is 11.4. The van der Waals surface area contributed by atoms with Crippen molar-refractivity contribution in [1.82, 2.24) is 4.90 Å². The molecule has 1 amide bonds. The number of benzene rings is 2. The molecule has 1 N–H and O–H groups in total. The number of hydrogen-bond donors (Lipinski definition) is 1. The van der Waals surface area contributed by atoms with Gasteiger partial charge in [0.25, 0.3) is 0 Å². The van der Waals surface area contributed by atoms with Crippen LogP contribution < -0.4 is 5.32 Å². The summed E-state index contributed by atoms with van der Waals surface area (Å²) < 4.78 is 0. The highest BCUT2D eigenvalue weighted by molar-refractivity contribution is 5.89. The third-order valence-corrected chi connectivity index (χ3v) is 4.66. The molecule has 4 heteroatoms. The molecule has 1 unspecified atom stereocenters. The topological polar surface area (TPSA) is 32.3 Å². The van der Waals surface area contributed by atoms with Gasteiger partial charge in [0, 0.05) is 25.2 Å². The SMILES string of the molecule is CC(=O)Nc1cccc2c1CCC(N(C)Cc1ccccc1)C2.Cl. The summed E-state index contributed by atoms with van der Waals surface area (Å²) in [6.45, 7) is 2.55. The summed E-state index contributed by atoms with van der Waals surface area (Å²) in [5.41, 5.74) is 5.02. The molecule has 0 spiro atoms. The Morgan fingerprint density at radius 1 is 1.17 bits per heavy atom. The van der Waals surface area contributed by atoms with Crippen LogP contribution in [-0.2, 0) is 24.2 Å². The zero-order valence-corrected chi connectivity index (χ0v) is 15.1. The van der Waals surface area contributed by atoms with E-state index in [-0.39, 0.29) is 18.3 Å². The minimum Gasteiger partial charge on any atom is -0.326 e. The minimum absolute atomic E-state index is 0. The highest BCUT2D eigenvalue weighted by Gasteiger charge is 2.23. The third-order valence-electron chi connectivity index (χ3n) is 4.66. The highest BCUT2D eigenvalue weighted by atomic mass is 35.5. The average molecular weight is 345 g/mol. The Morgan fingerprint density at radius 3 is 2.62 bits per heavy atom. The van der Waals surface area contributed by atoms with Gasteiger partial charge in [0.15, 0.2) is 0 Å². The first-order valence-electron chi connectivity index (χ1n) is 8.26. The van der Waals surface area contributed by atoms with Crippen molar-refractivity contribution in [3.8, 4) is 0 Å². The predicted octanol–water partition coefficient (Wildman–Crippen LogP) is 4.06. The van der Waals surface area contributed by atoms with Crippen LogP contribution in [0.2, 0.25) is 0 Å². The van der Waals surface area contributed by atoms with Crippen LogP contribution in [0.15, 0.2) is 48.5 Å². The zero-order chi connectivity index (χ0) is 16.2. The van der Waals surface area contributed by atoms with Gasteiger partial charge in [0.2, 0.25) is 5.91 Å². The maximum atomic E-state index is 11.4. The van der Waals surface area contributed by atoms with Crippen LogP contribution in [0.25, 0.3) is 0 Å². The van der Waals surface area contributed by atoms with Crippen molar-refractivity contribution in [3.05, 3.63) is 65.2 Å². The molecule has 24 heavy (non-hydrogen) atoms. The number of fused-ring (bicyclic) bond motifs is 1. The molecule has 128 valence electrons. The fourth-order valence-corrected chi connectivity index (χ4v) is 3.47. The first-order valence-corrected chi connectivity index (χ1v) is 8.26. The quantitative estimate of drug-likeness (QED) is 0.907. The number of halogens is 1. The van der Waals surface area contributed by atoms with Crippen LogP contribution in [0.1, 0.15) is 30.0 Å². The van der Waals surface area contributed by atoms with E-state index in [0.717, 1.165) is 31.5 Å². The monoisotopic (exact) mass is 344 g/mol. The van der Waals surface area contributed by atoms with E-state index in [1.54, 1.807) is 6.92 Å². The molecule has 0 aromatic heterocycles. The lowest BCUT2D eigenvalue weighted by atomic mass is 9.86. The van der Waals surface area contributed by atoms with Gasteiger partial charge in [0.1, 0.15) is 0 Å². The zero-order valence-electron chi connectivity index (χ0n) is 14.3. The summed E-state index contributed by atoms with van der Waals surface area (Å²) in [6.07, 6.45) is 3.20. The number of carbonyl (C=O) groups is 1. The van der Waals surface area contributed by atoms with E-state index in [9.17, 15) is 4.79 Å². The molecular weight excluding hydrogens is 320 g/mol. The molecule has 2 aromatic rings. The van der Waals surface area contributed by atoms with Crippen molar-refractivity contribution in [2.24, 2.45) is 0 Å². The van der Waals surface area contributed by atoms with E-state index in [1.807, 2.05) is 12.1 Å². The van der Waals surface area contributed by atoms with Crippen LogP contribution in [-0.4, -0.2) is 23.9 Å². The lowest BCUT2D eigenvalue weighted by molar-refractivity contribution is -0.114. The number of hydrogen-bond acceptors (Lipinski definition) is 2. The van der Waals surface area contributed by atoms with Gasteiger partial charge in [-0.25, -0.2) is 0 Å². The van der Waals surface area contributed by atoms with Gasteiger partial charge in [-0.15, -0.1) is 12.4 Å². The number of nitrogens with zero attached hydrogens (tertiary/aromatic N) is 1. The van der Waals surface area contributed by atoms with Gasteiger partial charge in [-0.3, -0.25) is 9.69 Å². The fraction of sp³-hybridized carbons (Fsp3) is 0.350. The fourth-order valence-electron chi connectivity index (χ4n) is 3.47. The van der Waals surface area contributed by atoms with Crippen molar-refractivity contribution >= 4 is 24.0 Å². The summed E-state index contributed by atoms with van der Waals surface area (Å²) in [5.74, 6) is 0.00159. The second-order valence-corrected chi connectivity index (χ2v) is 6.42. The number of nitrogens with one attached hydrogen (secondary N) is 1. The Kier molecular flexibility index (Phi) is 6.41. The lowest BCUT2D eigenvalue weighted by Gasteiger charge is -2.33. The van der Waals surface area contributed by atoms with Gasteiger partial charge in [-0.1, -0.05) is 42.5 Å². The molecule has 3 nitrogen and oxygen atoms in total. The number of likely N-dealkylation sites (N-methyl/N-ethyl adjacent to an activating group) is 1. The molecule has 0 saturated heterocycles. The summed E-state index contributed by atoms with van der Waals surface area (Å²) in [7, 11) is 2.21. The molecule has 2 aromatic carbocycles. The Bertz CT molecular complexity index is 687. The molecule has 0 aliphatic heterocycles. The summed E-state index contributed by atoms with van der Waals surface area (Å²) in [4.78, 5) is 13.8. The van der Waals surface area contributed by atoms with E-state index < -0.39 is 0 Å². The highest BCUT2D eigenvalue weighted by Crippen LogP contribution is 2.30. The Morgan fingerprint density at radius 2 is 1.92 bits per heavy atom. The number of carbonyl (C=O) groups excluding carboxylic acids is 1. The van der Waals surface area contributed by atoms with Gasteiger partial charge < -0.3 is 5.32 Å². The van der Waals surface area contributed by atoms with Crippen molar-refractivity contribution < 1.29 is 4.79 Å². The van der Waals surface area contributed by atoms with Gasteiger partial charge >= 0.3 is 0 Å². The lowest BCUT2D eigenvalue weighted by Crippen LogP contribution is -2.36. The molecule has 0 heterocycles. The summed E-state index contributed by atoms with van der Waals surface area (Å²) in [6, 6.07) is 17.4. The maximum Gasteiger partial charge on any atom is 0.221 e. The molecule has 0 bridgehead atoms. The molecule has 1 atom stereocenters. The van der Waals surface area contributed by atoms with Crippen LogP contribution in [0.5, 0.6) is 0 Å². The minimum atomic E-state index is 0. The van der Waals surface area contributed by atoms with Crippen molar-refractivity contribution in [3.63, 3.8) is 0 Å². The van der Waals surface area contributed by atoms with E-state index in [2.05, 4.69) is 53.7 Å². The van der Waals surface area contributed by atoms with Crippen molar-refractivity contribution in [2.45, 2.75) is 38.8 Å². The van der Waals surface area contributed by atoms with E-state index in [1.165, 1.54) is 16.7 Å². The number of rotatable bonds is 4. The van der Waals surface area contributed by atoms with Crippen molar-refractivity contribution in [1.29, 1.82) is 0 Å². The largest absolute Gasteiger partial charge is 0.326 e. The second-order valence-electron chi connectivity index (χ2n) is 6.42. The molecule has 0 radical (unpaired) electrons. The average Bonchev–Trinajstić information content (AvgIpc) is 2.55. The predicted molar refractivity (Wildman–Crippen MR) is 102 cm³/mol. The summed E-state index contributed by atoms with van der Waals surface area (Å²) in [5, 5.41) is 2.96. The van der Waals surface area contributed by atoms with Gasteiger partial charge in [-0.05, 0) is 49.1 Å². The first-order chi connectivity index (χ1) is 11.1. The molecule has 1 aliphatic rings. The molecule has 0 fully saturated rings. The molecular formula is C20H25ClN2O. The number of anilines is 1. The van der Waals surface area contributed by atoms with Crippen LogP contribution in [0, 0.1) is 0 Å². The van der Waals surface area contributed by atoms with Crippen LogP contribution in [0.4, 0.5) is 5.69 Å². The van der Waals surface area contributed by atoms with Crippen LogP contribution >= 0.6 is 12.4 Å².